The Morgan fingerprint density at radius 1 is 1.08 bits per heavy atom. The fourth-order valence-electron chi connectivity index (χ4n) is 0.689. The molecule has 0 saturated carbocycles. The molecule has 0 atom stereocenters. The molecule has 1 rings (SSSR count). The fourth-order valence-corrected chi connectivity index (χ4v) is 0.689. The van der Waals surface area contributed by atoms with E-state index in [1.807, 2.05) is 0 Å². The second-order valence-electron chi connectivity index (χ2n) is 2.01. The highest BCUT2D eigenvalue weighted by molar-refractivity contribution is 5.43. The fraction of sp³-hybridized carbons (Fsp3) is 0. The van der Waals surface area contributed by atoms with Gasteiger partial charge in [-0.25, -0.2) is 13.2 Å². The van der Waals surface area contributed by atoms with Gasteiger partial charge in [-0.2, -0.15) is 0 Å². The molecule has 72 valence electrons. The monoisotopic (exact) mass is 199 g/mol. The van der Waals surface area contributed by atoms with Crippen molar-refractivity contribution in [3.8, 4) is 0 Å². The Morgan fingerprint density at radius 2 is 1.69 bits per heavy atom. The van der Waals surface area contributed by atoms with Crippen LogP contribution in [0.1, 0.15) is 0 Å². The molecule has 1 aromatic carbocycles. The molecule has 0 N–H and O–H groups in total. The van der Waals surface area contributed by atoms with Crippen molar-refractivity contribution in [1.29, 1.82) is 0 Å². The van der Waals surface area contributed by atoms with Gasteiger partial charge < -0.3 is 0 Å². The van der Waals surface area contributed by atoms with Crippen LogP contribution in [0.5, 0.6) is 0 Å². The van der Waals surface area contributed by atoms with E-state index >= 15 is 0 Å². The SMILES string of the molecule is FON(F)c1ccc(F)c(F)c1F. The zero-order chi connectivity index (χ0) is 10.0. The Kier molecular flexibility index (Phi) is 2.66. The first-order valence-corrected chi connectivity index (χ1v) is 2.96. The van der Waals surface area contributed by atoms with Crippen molar-refractivity contribution in [2.75, 3.05) is 5.29 Å². The van der Waals surface area contributed by atoms with Crippen LogP contribution in [0.15, 0.2) is 12.1 Å². The number of anilines is 1. The van der Waals surface area contributed by atoms with Crippen molar-refractivity contribution in [2.24, 2.45) is 0 Å². The van der Waals surface area contributed by atoms with Gasteiger partial charge in [0.05, 0.1) is 0 Å². The second-order valence-corrected chi connectivity index (χ2v) is 2.01. The summed E-state index contributed by atoms with van der Waals surface area (Å²) >= 11 is 0. The van der Waals surface area contributed by atoms with Crippen molar-refractivity contribution < 1.29 is 27.2 Å². The molecule has 0 amide bonds. The number of rotatable bonds is 2. The lowest BCUT2D eigenvalue weighted by molar-refractivity contribution is -0.190. The van der Waals surface area contributed by atoms with E-state index in [4.69, 9.17) is 0 Å². The summed E-state index contributed by atoms with van der Waals surface area (Å²) in [6, 6.07) is 0.909. The minimum absolute atomic E-state index is 0.430. The number of nitrogens with zero attached hydrogens (tertiary/aromatic N) is 1. The van der Waals surface area contributed by atoms with Gasteiger partial charge in [0.25, 0.3) is 0 Å². The summed E-state index contributed by atoms with van der Waals surface area (Å²) < 4.78 is 60.5. The van der Waals surface area contributed by atoms with Gasteiger partial charge in [-0.1, -0.05) is 4.48 Å². The highest BCUT2D eigenvalue weighted by Crippen LogP contribution is 2.23. The van der Waals surface area contributed by atoms with Crippen LogP contribution in [-0.4, -0.2) is 0 Å². The summed E-state index contributed by atoms with van der Waals surface area (Å²) in [4.78, 5) is 0. The van der Waals surface area contributed by atoms with Gasteiger partial charge in [-0.05, 0) is 27.0 Å². The van der Waals surface area contributed by atoms with Crippen LogP contribution in [0.3, 0.4) is 0 Å². The van der Waals surface area contributed by atoms with E-state index in [0.717, 1.165) is 0 Å². The maximum absolute atomic E-state index is 12.6. The first-order valence-electron chi connectivity index (χ1n) is 2.96. The second kappa shape index (κ2) is 3.56. The zero-order valence-electron chi connectivity index (χ0n) is 5.90. The first-order chi connectivity index (χ1) is 6.07. The van der Waals surface area contributed by atoms with E-state index in [0.29, 0.717) is 12.1 Å². The highest BCUT2D eigenvalue weighted by Gasteiger charge is 2.19. The van der Waals surface area contributed by atoms with E-state index in [1.165, 1.54) is 0 Å². The predicted molar refractivity (Wildman–Crippen MR) is 32.1 cm³/mol. The third kappa shape index (κ3) is 1.69. The molecular formula is C6H2F5NO. The van der Waals surface area contributed by atoms with E-state index in [1.54, 1.807) is 0 Å². The lowest BCUT2D eigenvalue weighted by atomic mass is 10.3. The molecule has 13 heavy (non-hydrogen) atoms. The first kappa shape index (κ1) is 9.72. The Morgan fingerprint density at radius 3 is 2.23 bits per heavy atom. The standard InChI is InChI=1S/C6H2F5NO/c7-3-1-2-4(12(10)13-11)6(9)5(3)8/h1-2H. The van der Waals surface area contributed by atoms with Crippen molar-refractivity contribution >= 4 is 5.69 Å². The third-order valence-corrected chi connectivity index (χ3v) is 1.26. The summed E-state index contributed by atoms with van der Waals surface area (Å²) in [7, 11) is 0. The molecule has 0 aromatic heterocycles. The van der Waals surface area contributed by atoms with Crippen LogP contribution in [0, 0.1) is 17.5 Å². The maximum Gasteiger partial charge on any atom is 0.196 e. The highest BCUT2D eigenvalue weighted by atomic mass is 19.3. The third-order valence-electron chi connectivity index (χ3n) is 1.26. The number of halogens is 5. The molecule has 0 radical (unpaired) electrons. The summed E-state index contributed by atoms with van der Waals surface area (Å²) in [5, 5.41) is 1.28. The van der Waals surface area contributed by atoms with Gasteiger partial charge in [0.15, 0.2) is 17.5 Å². The van der Waals surface area contributed by atoms with E-state index in [-0.39, 0.29) is 0 Å². The lowest BCUT2D eigenvalue weighted by Gasteiger charge is -2.07. The molecule has 0 heterocycles. The van der Waals surface area contributed by atoms with Crippen LogP contribution in [0.4, 0.5) is 27.9 Å². The van der Waals surface area contributed by atoms with Crippen LogP contribution in [0.25, 0.3) is 0 Å². The number of hydrogen-bond donors (Lipinski definition) is 0. The molecule has 0 unspecified atom stereocenters. The predicted octanol–water partition coefficient (Wildman–Crippen LogP) is 2.61. The maximum atomic E-state index is 12.6. The molecule has 0 aliphatic heterocycles. The molecule has 7 heteroatoms. The summed E-state index contributed by atoms with van der Waals surface area (Å²) in [5.74, 6) is -5.29. The largest absolute Gasteiger partial charge is 0.204 e. The average Bonchev–Trinajstić information content (AvgIpc) is 2.13. The Balaban J connectivity index is 3.18. The summed E-state index contributed by atoms with van der Waals surface area (Å²) in [6.07, 6.45) is 0. The number of benzene rings is 1. The van der Waals surface area contributed by atoms with Gasteiger partial charge in [0.2, 0.25) is 0 Å². The van der Waals surface area contributed by atoms with Gasteiger partial charge in [0.1, 0.15) is 5.69 Å². The van der Waals surface area contributed by atoms with Crippen molar-refractivity contribution in [3.63, 3.8) is 0 Å². The molecule has 2 nitrogen and oxygen atoms in total. The van der Waals surface area contributed by atoms with Crippen LogP contribution in [-0.2, 0) is 5.04 Å². The quantitative estimate of drug-likeness (QED) is 0.314. The molecule has 0 fully saturated rings. The molecule has 0 saturated heterocycles. The minimum atomic E-state index is -1.91. The van der Waals surface area contributed by atoms with Crippen LogP contribution < -0.4 is 5.29 Å². The van der Waals surface area contributed by atoms with Crippen molar-refractivity contribution in [2.45, 2.75) is 0 Å². The Labute approximate surface area is 68.9 Å². The van der Waals surface area contributed by atoms with E-state index in [9.17, 15) is 22.2 Å². The van der Waals surface area contributed by atoms with Crippen LogP contribution >= 0.6 is 0 Å². The Bertz CT molecular complexity index is 318. The molecule has 0 spiro atoms. The van der Waals surface area contributed by atoms with Crippen LogP contribution in [0.2, 0.25) is 0 Å². The van der Waals surface area contributed by atoms with Gasteiger partial charge in [-0.3, -0.25) is 0 Å². The smallest absolute Gasteiger partial charge is 0.196 e. The van der Waals surface area contributed by atoms with Gasteiger partial charge in [0, 0.05) is 0 Å². The average molecular weight is 199 g/mol. The minimum Gasteiger partial charge on any atom is -0.204 e. The summed E-state index contributed by atoms with van der Waals surface area (Å²) in [6.45, 7) is 0. The molecule has 0 aliphatic carbocycles. The zero-order valence-corrected chi connectivity index (χ0v) is 5.90. The van der Waals surface area contributed by atoms with E-state index in [2.05, 4.69) is 5.04 Å². The molecule has 1 aromatic rings. The molecule has 0 aliphatic rings. The van der Waals surface area contributed by atoms with E-state index < -0.39 is 28.4 Å². The Hall–Kier alpha value is -1.37. The topological polar surface area (TPSA) is 12.5 Å². The lowest BCUT2D eigenvalue weighted by Crippen LogP contribution is -2.10. The van der Waals surface area contributed by atoms with Crippen molar-refractivity contribution in [3.05, 3.63) is 29.6 Å². The molecule has 0 bridgehead atoms. The number of hydrogen-bond acceptors (Lipinski definition) is 2. The van der Waals surface area contributed by atoms with Gasteiger partial charge >= 0.3 is 0 Å². The van der Waals surface area contributed by atoms with Crippen molar-refractivity contribution in [1.82, 2.24) is 0 Å². The summed E-state index contributed by atoms with van der Waals surface area (Å²) in [5.41, 5.74) is -1.19. The van der Waals surface area contributed by atoms with Gasteiger partial charge in [-0.15, -0.1) is 0 Å². The molecular weight excluding hydrogens is 197 g/mol. The normalized spacial score (nSPS) is 10.2.